The second kappa shape index (κ2) is 5.26. The summed E-state index contributed by atoms with van der Waals surface area (Å²) in [7, 11) is 0. The largest absolute Gasteiger partial charge is 0.392 e. The quantitative estimate of drug-likeness (QED) is 0.749. The van der Waals surface area contributed by atoms with E-state index in [1.807, 2.05) is 0 Å². The zero-order valence-electron chi connectivity index (χ0n) is 9.45. The molecule has 1 heterocycles. The van der Waals surface area contributed by atoms with Gasteiger partial charge in [0, 0.05) is 6.54 Å². The smallest absolute Gasteiger partial charge is 0.0902 e. The highest BCUT2D eigenvalue weighted by molar-refractivity contribution is 7.80. The maximum atomic E-state index is 5.82. The summed E-state index contributed by atoms with van der Waals surface area (Å²) in [6.45, 7) is 2.44. The topological polar surface area (TPSA) is 29.3 Å². The first-order chi connectivity index (χ1) is 7.27. The highest BCUT2D eigenvalue weighted by Gasteiger charge is 2.27. The van der Waals surface area contributed by atoms with Crippen LogP contribution in [-0.4, -0.2) is 29.0 Å². The molecule has 0 spiro atoms. The molecule has 2 rings (SSSR count). The minimum absolute atomic E-state index is 0.398. The molecule has 0 amide bonds. The van der Waals surface area contributed by atoms with Crippen LogP contribution in [0.3, 0.4) is 0 Å². The van der Waals surface area contributed by atoms with E-state index in [-0.39, 0.29) is 0 Å². The molecule has 1 saturated carbocycles. The summed E-state index contributed by atoms with van der Waals surface area (Å²) < 4.78 is 0. The third-order valence-corrected chi connectivity index (χ3v) is 4.18. The van der Waals surface area contributed by atoms with Crippen molar-refractivity contribution in [2.45, 2.75) is 51.0 Å². The number of hydrogen-bond donors (Lipinski definition) is 1. The van der Waals surface area contributed by atoms with Crippen LogP contribution in [0, 0.1) is 5.92 Å². The van der Waals surface area contributed by atoms with Crippen LogP contribution >= 0.6 is 12.2 Å². The van der Waals surface area contributed by atoms with E-state index in [0.717, 1.165) is 5.92 Å². The van der Waals surface area contributed by atoms with E-state index in [2.05, 4.69) is 4.90 Å². The second-order valence-electron chi connectivity index (χ2n) is 5.06. The van der Waals surface area contributed by atoms with Crippen LogP contribution in [-0.2, 0) is 0 Å². The Balaban J connectivity index is 1.89. The lowest BCUT2D eigenvalue weighted by atomic mass is 9.99. The molecule has 0 aromatic rings. The molecule has 2 nitrogen and oxygen atoms in total. The van der Waals surface area contributed by atoms with Gasteiger partial charge in [-0.3, -0.25) is 4.90 Å². The summed E-state index contributed by atoms with van der Waals surface area (Å²) in [4.78, 5) is 3.26. The monoisotopic (exact) mass is 226 g/mol. The first-order valence-corrected chi connectivity index (χ1v) is 6.71. The van der Waals surface area contributed by atoms with Crippen molar-refractivity contribution in [3.05, 3.63) is 0 Å². The summed E-state index contributed by atoms with van der Waals surface area (Å²) in [6.07, 6.45) is 9.49. The van der Waals surface area contributed by atoms with Gasteiger partial charge in [0.1, 0.15) is 0 Å². The molecule has 1 aliphatic carbocycles. The number of nitrogens with two attached hydrogens (primary N) is 1. The second-order valence-corrected chi connectivity index (χ2v) is 5.53. The molecule has 0 radical (unpaired) electrons. The Hall–Kier alpha value is -0.150. The summed E-state index contributed by atoms with van der Waals surface area (Å²) in [6, 6.07) is 0.398. The van der Waals surface area contributed by atoms with Crippen LogP contribution in [0.4, 0.5) is 0 Å². The van der Waals surface area contributed by atoms with Crippen LogP contribution in [0.15, 0.2) is 0 Å². The zero-order chi connectivity index (χ0) is 10.7. The lowest BCUT2D eigenvalue weighted by molar-refractivity contribution is 0.165. The average Bonchev–Trinajstić information content (AvgIpc) is 2.71. The van der Waals surface area contributed by atoms with Gasteiger partial charge in [0.05, 0.1) is 11.0 Å². The Kier molecular flexibility index (Phi) is 3.98. The number of nitrogens with zero attached hydrogens (tertiary/aromatic N) is 1. The normalized spacial score (nSPS) is 29.5. The van der Waals surface area contributed by atoms with Gasteiger partial charge in [0.25, 0.3) is 0 Å². The Morgan fingerprint density at radius 2 is 1.80 bits per heavy atom. The molecule has 2 N–H and O–H groups in total. The van der Waals surface area contributed by atoms with Gasteiger partial charge < -0.3 is 5.73 Å². The molecule has 1 aliphatic heterocycles. The highest BCUT2D eigenvalue weighted by Crippen LogP contribution is 2.28. The van der Waals surface area contributed by atoms with Crippen molar-refractivity contribution in [1.29, 1.82) is 0 Å². The van der Waals surface area contributed by atoms with E-state index in [4.69, 9.17) is 18.0 Å². The minimum Gasteiger partial charge on any atom is -0.392 e. The molecule has 0 bridgehead atoms. The number of likely N-dealkylation sites (tertiary alicyclic amines) is 1. The Morgan fingerprint density at radius 1 is 1.13 bits per heavy atom. The van der Waals surface area contributed by atoms with Gasteiger partial charge in [-0.15, -0.1) is 0 Å². The number of rotatable bonds is 3. The van der Waals surface area contributed by atoms with Crippen molar-refractivity contribution in [1.82, 2.24) is 4.90 Å². The van der Waals surface area contributed by atoms with Gasteiger partial charge in [-0.05, 0) is 38.1 Å². The van der Waals surface area contributed by atoms with Crippen molar-refractivity contribution in [2.75, 3.05) is 13.1 Å². The third-order valence-electron chi connectivity index (χ3n) is 3.91. The predicted molar refractivity (Wildman–Crippen MR) is 68.0 cm³/mol. The Bertz CT molecular complexity index is 224. The molecule has 0 aromatic carbocycles. The number of hydrogen-bond acceptors (Lipinski definition) is 2. The molecule has 15 heavy (non-hydrogen) atoms. The molecular weight excluding hydrogens is 204 g/mol. The predicted octanol–water partition coefficient (Wildman–Crippen LogP) is 2.32. The van der Waals surface area contributed by atoms with Crippen molar-refractivity contribution >= 4 is 17.2 Å². The van der Waals surface area contributed by atoms with Crippen molar-refractivity contribution in [3.63, 3.8) is 0 Å². The van der Waals surface area contributed by atoms with Crippen LogP contribution in [0.2, 0.25) is 0 Å². The summed E-state index contributed by atoms with van der Waals surface area (Å²) >= 11 is 5.17. The molecule has 86 valence electrons. The fourth-order valence-electron chi connectivity index (χ4n) is 3.06. The number of thiocarbonyl (C=S) groups is 1. The van der Waals surface area contributed by atoms with E-state index in [0.29, 0.717) is 11.0 Å². The zero-order valence-corrected chi connectivity index (χ0v) is 10.3. The Morgan fingerprint density at radius 3 is 2.47 bits per heavy atom. The first kappa shape index (κ1) is 11.3. The van der Waals surface area contributed by atoms with E-state index in [9.17, 15) is 0 Å². The van der Waals surface area contributed by atoms with Crippen molar-refractivity contribution in [2.24, 2.45) is 11.7 Å². The molecule has 1 unspecified atom stereocenters. The van der Waals surface area contributed by atoms with Crippen molar-refractivity contribution < 1.29 is 0 Å². The maximum Gasteiger partial charge on any atom is 0.0902 e. The fourth-order valence-corrected chi connectivity index (χ4v) is 3.32. The SMILES string of the molecule is NC(=S)C1CCCCN1CC1CCCC1. The molecule has 2 aliphatic rings. The summed E-state index contributed by atoms with van der Waals surface area (Å²) in [5.41, 5.74) is 5.82. The molecule has 2 fully saturated rings. The minimum atomic E-state index is 0.398. The maximum absolute atomic E-state index is 5.82. The van der Waals surface area contributed by atoms with Crippen LogP contribution in [0.5, 0.6) is 0 Å². The first-order valence-electron chi connectivity index (χ1n) is 6.31. The van der Waals surface area contributed by atoms with Gasteiger partial charge in [0.2, 0.25) is 0 Å². The summed E-state index contributed by atoms with van der Waals surface area (Å²) in [5.74, 6) is 0.917. The van der Waals surface area contributed by atoms with Gasteiger partial charge in [-0.1, -0.05) is 31.5 Å². The lowest BCUT2D eigenvalue weighted by Gasteiger charge is -2.36. The van der Waals surface area contributed by atoms with E-state index < -0.39 is 0 Å². The number of piperidine rings is 1. The lowest BCUT2D eigenvalue weighted by Crippen LogP contribution is -2.48. The fraction of sp³-hybridized carbons (Fsp3) is 0.917. The van der Waals surface area contributed by atoms with E-state index >= 15 is 0 Å². The molecule has 1 saturated heterocycles. The molecule has 3 heteroatoms. The van der Waals surface area contributed by atoms with Crippen LogP contribution in [0.1, 0.15) is 44.9 Å². The summed E-state index contributed by atoms with van der Waals surface area (Å²) in [5, 5.41) is 0. The van der Waals surface area contributed by atoms with Gasteiger partial charge in [-0.25, -0.2) is 0 Å². The molecular formula is C12H22N2S. The molecule has 0 aromatic heterocycles. The van der Waals surface area contributed by atoms with Gasteiger partial charge in [-0.2, -0.15) is 0 Å². The van der Waals surface area contributed by atoms with Crippen molar-refractivity contribution in [3.8, 4) is 0 Å². The third kappa shape index (κ3) is 2.91. The van der Waals surface area contributed by atoms with Gasteiger partial charge in [0.15, 0.2) is 0 Å². The van der Waals surface area contributed by atoms with Crippen LogP contribution < -0.4 is 5.73 Å². The van der Waals surface area contributed by atoms with E-state index in [1.165, 1.54) is 58.0 Å². The Labute approximate surface area is 98.2 Å². The molecule has 1 atom stereocenters. The standard InChI is InChI=1S/C12H22N2S/c13-12(15)11-7-3-4-8-14(11)9-10-5-1-2-6-10/h10-11H,1-9H2,(H2,13,15). The van der Waals surface area contributed by atoms with E-state index in [1.54, 1.807) is 0 Å². The average molecular weight is 226 g/mol. The highest BCUT2D eigenvalue weighted by atomic mass is 32.1. The van der Waals surface area contributed by atoms with Gasteiger partial charge >= 0.3 is 0 Å². The van der Waals surface area contributed by atoms with Crippen LogP contribution in [0.25, 0.3) is 0 Å².